The van der Waals surface area contributed by atoms with Gasteiger partial charge in [0, 0.05) is 31.6 Å². The Hall–Kier alpha value is -0.570. The number of likely N-dealkylation sites (tertiary alicyclic amines) is 1. The van der Waals surface area contributed by atoms with Gasteiger partial charge in [0.05, 0.1) is 0 Å². The summed E-state index contributed by atoms with van der Waals surface area (Å²) in [4.78, 5) is 15.6. The van der Waals surface area contributed by atoms with Crippen LogP contribution in [0.25, 0.3) is 0 Å². The number of amides is 1. The molecular formula is C11H22N2O. The van der Waals surface area contributed by atoms with Crippen LogP contribution in [0.3, 0.4) is 0 Å². The zero-order chi connectivity index (χ0) is 10.9. The molecule has 0 aliphatic carbocycles. The lowest BCUT2D eigenvalue weighted by Gasteiger charge is -2.32. The van der Waals surface area contributed by atoms with Gasteiger partial charge in [0.1, 0.15) is 0 Å². The molecule has 1 amide bonds. The molecule has 0 aromatic heterocycles. The Balaban J connectivity index is 2.63. The number of carbonyl (C=O) groups excluding carboxylic acids is 1. The van der Waals surface area contributed by atoms with Crippen molar-refractivity contribution in [1.29, 1.82) is 0 Å². The summed E-state index contributed by atoms with van der Waals surface area (Å²) in [6, 6.07) is 1.44. The van der Waals surface area contributed by atoms with E-state index in [0.29, 0.717) is 18.1 Å². The van der Waals surface area contributed by atoms with E-state index in [2.05, 4.69) is 32.7 Å². The molecule has 1 saturated heterocycles. The maximum absolute atomic E-state index is 11.3. The van der Waals surface area contributed by atoms with Gasteiger partial charge in [0.25, 0.3) is 0 Å². The molecule has 14 heavy (non-hydrogen) atoms. The summed E-state index contributed by atoms with van der Waals surface area (Å²) in [5.74, 6) is 0.206. The largest absolute Gasteiger partial charge is 0.339 e. The van der Waals surface area contributed by atoms with Gasteiger partial charge in [0.15, 0.2) is 0 Å². The van der Waals surface area contributed by atoms with Crippen molar-refractivity contribution in [3.8, 4) is 0 Å². The number of likely N-dealkylation sites (N-methyl/N-ethyl adjacent to an activating group) is 1. The van der Waals surface area contributed by atoms with Crippen molar-refractivity contribution in [3.05, 3.63) is 0 Å². The van der Waals surface area contributed by atoms with Crippen molar-refractivity contribution in [2.75, 3.05) is 13.6 Å². The Bertz CT molecular complexity index is 215. The molecule has 3 nitrogen and oxygen atoms in total. The molecule has 0 N–H and O–H groups in total. The highest BCUT2D eigenvalue weighted by Crippen LogP contribution is 2.23. The molecule has 2 atom stereocenters. The van der Waals surface area contributed by atoms with E-state index in [0.717, 1.165) is 13.0 Å². The molecule has 0 spiro atoms. The minimum atomic E-state index is 0.206. The van der Waals surface area contributed by atoms with Gasteiger partial charge in [-0.15, -0.1) is 0 Å². The summed E-state index contributed by atoms with van der Waals surface area (Å²) < 4.78 is 0. The lowest BCUT2D eigenvalue weighted by Crippen LogP contribution is -2.45. The lowest BCUT2D eigenvalue weighted by molar-refractivity contribution is -0.129. The fourth-order valence-corrected chi connectivity index (χ4v) is 2.30. The molecule has 1 aliphatic heterocycles. The molecule has 1 aliphatic rings. The molecule has 0 aromatic carbocycles. The van der Waals surface area contributed by atoms with E-state index in [-0.39, 0.29) is 5.91 Å². The van der Waals surface area contributed by atoms with Gasteiger partial charge in [-0.2, -0.15) is 0 Å². The average Bonchev–Trinajstić information content (AvgIpc) is 2.45. The van der Waals surface area contributed by atoms with Crippen LogP contribution in [0.5, 0.6) is 0 Å². The van der Waals surface area contributed by atoms with Gasteiger partial charge in [-0.1, -0.05) is 0 Å². The third-order valence-electron chi connectivity index (χ3n) is 3.46. The minimum Gasteiger partial charge on any atom is -0.339 e. The van der Waals surface area contributed by atoms with Crippen LogP contribution in [-0.4, -0.2) is 47.4 Å². The first-order valence-corrected chi connectivity index (χ1v) is 5.44. The molecule has 82 valence electrons. The van der Waals surface area contributed by atoms with Crippen molar-refractivity contribution < 1.29 is 4.79 Å². The average molecular weight is 198 g/mol. The fourth-order valence-electron chi connectivity index (χ4n) is 2.30. The van der Waals surface area contributed by atoms with Crippen molar-refractivity contribution >= 4 is 5.91 Å². The molecule has 1 heterocycles. The summed E-state index contributed by atoms with van der Waals surface area (Å²) >= 11 is 0. The molecule has 3 heteroatoms. The highest BCUT2D eigenvalue weighted by Gasteiger charge is 2.35. The maximum Gasteiger partial charge on any atom is 0.219 e. The van der Waals surface area contributed by atoms with Gasteiger partial charge in [-0.05, 0) is 34.2 Å². The molecular weight excluding hydrogens is 176 g/mol. The number of hydrogen-bond donors (Lipinski definition) is 0. The van der Waals surface area contributed by atoms with E-state index < -0.39 is 0 Å². The third kappa shape index (κ3) is 2.08. The fraction of sp³-hybridized carbons (Fsp3) is 0.909. The smallest absolute Gasteiger partial charge is 0.219 e. The van der Waals surface area contributed by atoms with E-state index >= 15 is 0 Å². The van der Waals surface area contributed by atoms with Crippen LogP contribution in [0.2, 0.25) is 0 Å². The molecule has 0 aromatic rings. The van der Waals surface area contributed by atoms with Gasteiger partial charge in [-0.25, -0.2) is 0 Å². The minimum absolute atomic E-state index is 0.206. The van der Waals surface area contributed by atoms with Gasteiger partial charge in [0.2, 0.25) is 5.91 Å². The first-order chi connectivity index (χ1) is 6.45. The molecule has 0 bridgehead atoms. The van der Waals surface area contributed by atoms with E-state index in [1.54, 1.807) is 6.92 Å². The van der Waals surface area contributed by atoms with Crippen LogP contribution in [0, 0.1) is 0 Å². The van der Waals surface area contributed by atoms with Crippen molar-refractivity contribution in [3.63, 3.8) is 0 Å². The Labute approximate surface area is 87.1 Å². The van der Waals surface area contributed by atoms with Crippen LogP contribution in [0.15, 0.2) is 0 Å². The summed E-state index contributed by atoms with van der Waals surface area (Å²) in [5.41, 5.74) is 0. The standard InChI is InChI=1S/C11H22N2O/c1-8(2)12(5)11-6-7-13(9(11)3)10(4)14/h8-9,11H,6-7H2,1-5H3. The summed E-state index contributed by atoms with van der Waals surface area (Å²) in [6.45, 7) is 9.12. The quantitative estimate of drug-likeness (QED) is 0.668. The van der Waals surface area contributed by atoms with Crippen LogP contribution in [-0.2, 0) is 4.79 Å². The highest BCUT2D eigenvalue weighted by molar-refractivity contribution is 5.74. The van der Waals surface area contributed by atoms with Crippen molar-refractivity contribution in [2.45, 2.75) is 52.2 Å². The van der Waals surface area contributed by atoms with Gasteiger partial charge in [-0.3, -0.25) is 9.69 Å². The zero-order valence-corrected chi connectivity index (χ0v) is 9.95. The SMILES string of the molecule is CC(=O)N1CCC(N(C)C(C)C)C1C. The third-order valence-corrected chi connectivity index (χ3v) is 3.46. The van der Waals surface area contributed by atoms with Crippen LogP contribution < -0.4 is 0 Å². The van der Waals surface area contributed by atoms with Crippen molar-refractivity contribution in [1.82, 2.24) is 9.80 Å². The monoisotopic (exact) mass is 198 g/mol. The lowest BCUT2D eigenvalue weighted by atomic mass is 10.1. The van der Waals surface area contributed by atoms with Crippen molar-refractivity contribution in [2.24, 2.45) is 0 Å². The molecule has 1 rings (SSSR count). The maximum atomic E-state index is 11.3. The molecule has 0 saturated carbocycles. The van der Waals surface area contributed by atoms with E-state index in [1.165, 1.54) is 0 Å². The van der Waals surface area contributed by atoms with E-state index in [4.69, 9.17) is 0 Å². The van der Waals surface area contributed by atoms with Gasteiger partial charge >= 0.3 is 0 Å². The van der Waals surface area contributed by atoms with Crippen LogP contribution in [0.1, 0.15) is 34.1 Å². The zero-order valence-electron chi connectivity index (χ0n) is 9.95. The second kappa shape index (κ2) is 4.30. The van der Waals surface area contributed by atoms with E-state index in [1.807, 2.05) is 4.90 Å². The number of hydrogen-bond acceptors (Lipinski definition) is 2. The predicted molar refractivity (Wildman–Crippen MR) is 58.2 cm³/mol. The Morgan fingerprint density at radius 1 is 1.50 bits per heavy atom. The summed E-state index contributed by atoms with van der Waals surface area (Å²) in [7, 11) is 2.15. The Morgan fingerprint density at radius 2 is 2.07 bits per heavy atom. The van der Waals surface area contributed by atoms with Crippen LogP contribution >= 0.6 is 0 Å². The summed E-state index contributed by atoms with van der Waals surface area (Å²) in [6.07, 6.45) is 1.11. The topological polar surface area (TPSA) is 23.6 Å². The Morgan fingerprint density at radius 3 is 2.43 bits per heavy atom. The normalized spacial score (nSPS) is 27.8. The van der Waals surface area contributed by atoms with E-state index in [9.17, 15) is 4.79 Å². The van der Waals surface area contributed by atoms with Crippen LogP contribution in [0.4, 0.5) is 0 Å². The number of carbonyl (C=O) groups is 1. The first-order valence-electron chi connectivity index (χ1n) is 5.44. The predicted octanol–water partition coefficient (Wildman–Crippen LogP) is 1.34. The number of rotatable bonds is 2. The molecule has 1 fully saturated rings. The highest BCUT2D eigenvalue weighted by atomic mass is 16.2. The second-order valence-corrected chi connectivity index (χ2v) is 4.57. The molecule has 2 unspecified atom stereocenters. The Kier molecular flexibility index (Phi) is 3.53. The summed E-state index contributed by atoms with van der Waals surface area (Å²) in [5, 5.41) is 0. The first kappa shape index (κ1) is 11.5. The van der Waals surface area contributed by atoms with Gasteiger partial charge < -0.3 is 4.90 Å². The molecule has 0 radical (unpaired) electrons. The number of nitrogens with zero attached hydrogens (tertiary/aromatic N) is 2. The second-order valence-electron chi connectivity index (χ2n) is 4.57.